The van der Waals surface area contributed by atoms with Crippen LogP contribution in [-0.4, -0.2) is 24.6 Å². The largest absolute Gasteiger partial charge is 0.484 e. The van der Waals surface area contributed by atoms with E-state index in [1.807, 2.05) is 0 Å². The van der Waals surface area contributed by atoms with Crippen molar-refractivity contribution in [1.29, 1.82) is 0 Å². The molecule has 0 aromatic heterocycles. The maximum absolute atomic E-state index is 12.3. The molecule has 0 bridgehead atoms. The summed E-state index contributed by atoms with van der Waals surface area (Å²) in [6, 6.07) is 12.7. The molecule has 2 aromatic carbocycles. The van der Waals surface area contributed by atoms with E-state index in [9.17, 15) is 22.8 Å². The van der Waals surface area contributed by atoms with Crippen LogP contribution in [0.25, 0.3) is 0 Å². The van der Waals surface area contributed by atoms with Gasteiger partial charge in [-0.25, -0.2) is 0 Å². The van der Waals surface area contributed by atoms with Gasteiger partial charge in [0.1, 0.15) is 5.75 Å². The zero-order chi connectivity index (χ0) is 20.1. The van der Waals surface area contributed by atoms with Crippen molar-refractivity contribution in [2.24, 2.45) is 5.92 Å². The summed E-state index contributed by atoms with van der Waals surface area (Å²) in [6.07, 6.45) is -2.64. The van der Waals surface area contributed by atoms with E-state index < -0.39 is 12.8 Å². The number of halogens is 3. The highest BCUT2D eigenvalue weighted by molar-refractivity contribution is 5.98. The molecular formula is C20H19F3N2O3. The smallest absolute Gasteiger partial charge is 0.422 e. The molecule has 148 valence electrons. The van der Waals surface area contributed by atoms with Crippen LogP contribution in [-0.2, 0) is 11.3 Å². The van der Waals surface area contributed by atoms with Gasteiger partial charge in [-0.05, 0) is 48.7 Å². The Morgan fingerprint density at radius 1 is 1.07 bits per heavy atom. The molecule has 0 heterocycles. The van der Waals surface area contributed by atoms with Crippen LogP contribution >= 0.6 is 0 Å². The molecule has 2 aromatic rings. The van der Waals surface area contributed by atoms with Gasteiger partial charge in [0.2, 0.25) is 5.91 Å². The van der Waals surface area contributed by atoms with Crippen LogP contribution in [0.5, 0.6) is 5.75 Å². The lowest BCUT2D eigenvalue weighted by Gasteiger charge is -2.11. The highest BCUT2D eigenvalue weighted by Crippen LogP contribution is 2.30. The number of nitrogens with one attached hydrogen (secondary N) is 2. The number of carbonyl (C=O) groups is 2. The van der Waals surface area contributed by atoms with Gasteiger partial charge in [-0.15, -0.1) is 0 Å². The molecule has 0 spiro atoms. The van der Waals surface area contributed by atoms with Crippen molar-refractivity contribution in [3.63, 3.8) is 0 Å². The topological polar surface area (TPSA) is 67.4 Å². The minimum absolute atomic E-state index is 0.0479. The summed E-state index contributed by atoms with van der Waals surface area (Å²) < 4.78 is 41.4. The molecule has 28 heavy (non-hydrogen) atoms. The van der Waals surface area contributed by atoms with Crippen molar-refractivity contribution in [1.82, 2.24) is 5.32 Å². The summed E-state index contributed by atoms with van der Waals surface area (Å²) in [5.41, 5.74) is 1.52. The third-order valence-electron chi connectivity index (χ3n) is 4.09. The molecule has 0 atom stereocenters. The Labute approximate surface area is 159 Å². The Hall–Kier alpha value is -3.03. The lowest BCUT2D eigenvalue weighted by Crippen LogP contribution is -2.23. The number of anilines is 1. The average molecular weight is 392 g/mol. The van der Waals surface area contributed by atoms with Crippen molar-refractivity contribution in [3.05, 3.63) is 59.7 Å². The number of ether oxygens (including phenoxy) is 1. The minimum atomic E-state index is -4.41. The van der Waals surface area contributed by atoms with E-state index in [0.717, 1.165) is 12.8 Å². The Bertz CT molecular complexity index is 864. The van der Waals surface area contributed by atoms with Crippen LogP contribution in [0.1, 0.15) is 28.8 Å². The molecule has 3 rings (SSSR count). The summed E-state index contributed by atoms with van der Waals surface area (Å²) >= 11 is 0. The predicted octanol–water partition coefficient (Wildman–Crippen LogP) is 3.91. The van der Waals surface area contributed by atoms with Crippen molar-refractivity contribution < 1.29 is 27.5 Å². The van der Waals surface area contributed by atoms with Crippen LogP contribution in [0.15, 0.2) is 48.5 Å². The molecule has 1 fully saturated rings. The maximum atomic E-state index is 12.3. The molecular weight excluding hydrogens is 373 g/mol. The summed E-state index contributed by atoms with van der Waals surface area (Å²) in [7, 11) is 0. The highest BCUT2D eigenvalue weighted by atomic mass is 19.4. The van der Waals surface area contributed by atoms with Crippen molar-refractivity contribution in [2.75, 3.05) is 11.9 Å². The second kappa shape index (κ2) is 8.33. The number of benzene rings is 2. The fourth-order valence-electron chi connectivity index (χ4n) is 2.52. The molecule has 2 amide bonds. The van der Waals surface area contributed by atoms with E-state index in [2.05, 4.69) is 10.6 Å². The summed E-state index contributed by atoms with van der Waals surface area (Å²) in [4.78, 5) is 24.2. The molecule has 0 unspecified atom stereocenters. The van der Waals surface area contributed by atoms with Gasteiger partial charge < -0.3 is 15.4 Å². The molecule has 0 radical (unpaired) electrons. The number of amides is 2. The standard InChI is InChI=1S/C20H19F3N2O3/c21-20(22,23)12-28-17-6-1-3-13(9-17)11-24-18(26)15-4-2-5-16(10-15)25-19(27)14-7-8-14/h1-6,9-10,14H,7-8,11-12H2,(H,24,26)(H,25,27). The van der Waals surface area contributed by atoms with E-state index in [4.69, 9.17) is 4.74 Å². The van der Waals surface area contributed by atoms with Crippen LogP contribution in [0.3, 0.4) is 0 Å². The number of rotatable bonds is 7. The van der Waals surface area contributed by atoms with E-state index in [-0.39, 0.29) is 30.0 Å². The average Bonchev–Trinajstić information content (AvgIpc) is 3.50. The van der Waals surface area contributed by atoms with Gasteiger partial charge in [0.25, 0.3) is 5.91 Å². The first kappa shape index (κ1) is 19.7. The molecule has 0 aliphatic heterocycles. The molecule has 1 saturated carbocycles. The van der Waals surface area contributed by atoms with Crippen LogP contribution < -0.4 is 15.4 Å². The third-order valence-corrected chi connectivity index (χ3v) is 4.09. The van der Waals surface area contributed by atoms with Crippen LogP contribution in [0.2, 0.25) is 0 Å². The van der Waals surface area contributed by atoms with E-state index in [0.29, 0.717) is 16.8 Å². The quantitative estimate of drug-likeness (QED) is 0.751. The molecule has 0 saturated heterocycles. The van der Waals surface area contributed by atoms with Crippen LogP contribution in [0.4, 0.5) is 18.9 Å². The molecule has 2 N–H and O–H groups in total. The first-order valence-corrected chi connectivity index (χ1v) is 8.78. The normalized spacial score (nSPS) is 13.7. The van der Waals surface area contributed by atoms with Gasteiger partial charge in [0, 0.05) is 23.7 Å². The van der Waals surface area contributed by atoms with Gasteiger partial charge in [0.05, 0.1) is 0 Å². The van der Waals surface area contributed by atoms with Gasteiger partial charge in [0.15, 0.2) is 6.61 Å². The van der Waals surface area contributed by atoms with Crippen molar-refractivity contribution in [2.45, 2.75) is 25.6 Å². The maximum Gasteiger partial charge on any atom is 0.422 e. The highest BCUT2D eigenvalue weighted by Gasteiger charge is 2.29. The second-order valence-electron chi connectivity index (χ2n) is 6.58. The van der Waals surface area contributed by atoms with Gasteiger partial charge >= 0.3 is 6.18 Å². The van der Waals surface area contributed by atoms with E-state index in [1.54, 1.807) is 36.4 Å². The first-order valence-electron chi connectivity index (χ1n) is 8.78. The van der Waals surface area contributed by atoms with E-state index in [1.165, 1.54) is 12.1 Å². The summed E-state index contributed by atoms with van der Waals surface area (Å²) in [5, 5.41) is 5.48. The SMILES string of the molecule is O=C(NCc1cccc(OCC(F)(F)F)c1)c1cccc(NC(=O)C2CC2)c1. The molecule has 8 heteroatoms. The predicted molar refractivity (Wildman–Crippen MR) is 97.0 cm³/mol. The minimum Gasteiger partial charge on any atom is -0.484 e. The molecule has 5 nitrogen and oxygen atoms in total. The fraction of sp³-hybridized carbons (Fsp3) is 0.300. The summed E-state index contributed by atoms with van der Waals surface area (Å²) in [5.74, 6) is -0.268. The van der Waals surface area contributed by atoms with Crippen molar-refractivity contribution >= 4 is 17.5 Å². The Balaban J connectivity index is 1.56. The number of hydrogen-bond donors (Lipinski definition) is 2. The third kappa shape index (κ3) is 6.00. The van der Waals surface area contributed by atoms with Gasteiger partial charge in [-0.2, -0.15) is 13.2 Å². The van der Waals surface area contributed by atoms with Crippen LogP contribution in [0, 0.1) is 5.92 Å². The zero-order valence-corrected chi connectivity index (χ0v) is 14.9. The van der Waals surface area contributed by atoms with E-state index >= 15 is 0 Å². The summed E-state index contributed by atoms with van der Waals surface area (Å²) in [6.45, 7) is -1.25. The first-order chi connectivity index (χ1) is 13.3. The molecule has 1 aliphatic rings. The Morgan fingerprint density at radius 2 is 1.82 bits per heavy atom. The van der Waals surface area contributed by atoms with Crippen molar-refractivity contribution in [3.8, 4) is 5.75 Å². The fourth-order valence-corrected chi connectivity index (χ4v) is 2.52. The van der Waals surface area contributed by atoms with Gasteiger partial charge in [-0.3, -0.25) is 9.59 Å². The monoisotopic (exact) mass is 392 g/mol. The van der Waals surface area contributed by atoms with Gasteiger partial charge in [-0.1, -0.05) is 18.2 Å². The number of hydrogen-bond acceptors (Lipinski definition) is 3. The number of alkyl halides is 3. The second-order valence-corrected chi connectivity index (χ2v) is 6.58. The lowest BCUT2D eigenvalue weighted by atomic mass is 10.1. The molecule has 1 aliphatic carbocycles. The Morgan fingerprint density at radius 3 is 2.54 bits per heavy atom. The Kier molecular flexibility index (Phi) is 5.87. The zero-order valence-electron chi connectivity index (χ0n) is 14.9. The number of carbonyl (C=O) groups excluding carboxylic acids is 2. The lowest BCUT2D eigenvalue weighted by molar-refractivity contribution is -0.153.